The number of nitrogens with one attached hydrogen (secondary N) is 1. The summed E-state index contributed by atoms with van der Waals surface area (Å²) in [7, 11) is 1.60. The van der Waals surface area contributed by atoms with Crippen molar-refractivity contribution >= 4 is 5.91 Å². The number of ether oxygens (including phenoxy) is 3. The van der Waals surface area contributed by atoms with E-state index in [0.717, 1.165) is 17.9 Å². The molecule has 30 heavy (non-hydrogen) atoms. The lowest BCUT2D eigenvalue weighted by Crippen LogP contribution is -2.34. The van der Waals surface area contributed by atoms with Crippen molar-refractivity contribution in [3.63, 3.8) is 0 Å². The summed E-state index contributed by atoms with van der Waals surface area (Å²) in [5.74, 6) is 1.15. The normalized spacial score (nSPS) is 15.3. The van der Waals surface area contributed by atoms with Crippen molar-refractivity contribution in [1.29, 1.82) is 0 Å². The molecule has 1 aliphatic heterocycles. The van der Waals surface area contributed by atoms with Crippen LogP contribution in [0.5, 0.6) is 11.5 Å². The van der Waals surface area contributed by atoms with Gasteiger partial charge in [-0.05, 0) is 41.8 Å². The smallest absolute Gasteiger partial charge is 0.258 e. The van der Waals surface area contributed by atoms with E-state index in [1.807, 2.05) is 22.9 Å². The molecule has 1 atom stereocenters. The topological polar surface area (TPSA) is 74.6 Å². The molecule has 1 N–H and O–H groups in total. The van der Waals surface area contributed by atoms with Crippen LogP contribution >= 0.6 is 0 Å². The van der Waals surface area contributed by atoms with Crippen LogP contribution in [0.4, 0.5) is 0 Å². The second kappa shape index (κ2) is 9.45. The molecular formula is C23H25N3O4. The van der Waals surface area contributed by atoms with E-state index in [1.165, 1.54) is 11.1 Å². The number of benzene rings is 2. The van der Waals surface area contributed by atoms with Crippen molar-refractivity contribution in [3.05, 3.63) is 77.6 Å². The Kier molecular flexibility index (Phi) is 6.29. The second-order valence-corrected chi connectivity index (χ2v) is 7.10. The molecular weight excluding hydrogens is 382 g/mol. The lowest BCUT2D eigenvalue weighted by atomic mass is 10.1. The lowest BCUT2D eigenvalue weighted by molar-refractivity contribution is -0.123. The van der Waals surface area contributed by atoms with E-state index in [9.17, 15) is 4.79 Å². The third-order valence-electron chi connectivity index (χ3n) is 4.97. The highest BCUT2D eigenvalue weighted by atomic mass is 16.5. The summed E-state index contributed by atoms with van der Waals surface area (Å²) in [6.07, 6.45) is 2.65. The summed E-state index contributed by atoms with van der Waals surface area (Å²) in [4.78, 5) is 12.2. The Morgan fingerprint density at radius 2 is 1.93 bits per heavy atom. The predicted molar refractivity (Wildman–Crippen MR) is 112 cm³/mol. The molecule has 0 spiro atoms. The van der Waals surface area contributed by atoms with Crippen molar-refractivity contribution in [2.45, 2.75) is 19.1 Å². The largest absolute Gasteiger partial charge is 0.497 e. The number of fused-ring (bicyclic) bond motifs is 1. The Morgan fingerprint density at radius 3 is 2.70 bits per heavy atom. The molecule has 156 valence electrons. The molecule has 2 heterocycles. The number of amides is 1. The van der Waals surface area contributed by atoms with E-state index in [0.29, 0.717) is 25.4 Å². The zero-order valence-corrected chi connectivity index (χ0v) is 16.9. The minimum Gasteiger partial charge on any atom is -0.497 e. The van der Waals surface area contributed by atoms with Crippen molar-refractivity contribution in [3.8, 4) is 11.5 Å². The molecule has 0 fully saturated rings. The quantitative estimate of drug-likeness (QED) is 0.622. The van der Waals surface area contributed by atoms with Crippen LogP contribution in [-0.2, 0) is 22.5 Å². The molecule has 1 aromatic heterocycles. The first kappa shape index (κ1) is 20.0. The van der Waals surface area contributed by atoms with Gasteiger partial charge in [-0.3, -0.25) is 9.48 Å². The Bertz CT molecular complexity index is 970. The van der Waals surface area contributed by atoms with Crippen LogP contribution in [0.1, 0.15) is 22.9 Å². The van der Waals surface area contributed by atoms with Gasteiger partial charge in [0.05, 0.1) is 26.0 Å². The average Bonchev–Trinajstić information content (AvgIpc) is 3.20. The number of carbonyl (C=O) groups is 1. The minimum absolute atomic E-state index is 0.0612. The van der Waals surface area contributed by atoms with Gasteiger partial charge in [0.15, 0.2) is 6.61 Å². The number of hydrogen-bond acceptors (Lipinski definition) is 5. The van der Waals surface area contributed by atoms with Gasteiger partial charge in [-0.2, -0.15) is 5.10 Å². The predicted octanol–water partition coefficient (Wildman–Crippen LogP) is 2.75. The Morgan fingerprint density at radius 1 is 1.17 bits per heavy atom. The molecule has 0 radical (unpaired) electrons. The van der Waals surface area contributed by atoms with E-state index in [4.69, 9.17) is 19.3 Å². The molecule has 1 aliphatic rings. The van der Waals surface area contributed by atoms with Crippen LogP contribution < -0.4 is 14.8 Å². The van der Waals surface area contributed by atoms with Crippen LogP contribution in [0.15, 0.2) is 60.8 Å². The first-order valence-corrected chi connectivity index (χ1v) is 9.96. The molecule has 2 aromatic carbocycles. The monoisotopic (exact) mass is 407 g/mol. The van der Waals surface area contributed by atoms with Gasteiger partial charge >= 0.3 is 0 Å². The number of hydrogen-bond donors (Lipinski definition) is 1. The fourth-order valence-corrected chi connectivity index (χ4v) is 3.42. The number of aromatic nitrogens is 2. The van der Waals surface area contributed by atoms with E-state index >= 15 is 0 Å². The number of rotatable bonds is 8. The van der Waals surface area contributed by atoms with E-state index < -0.39 is 0 Å². The molecule has 7 nitrogen and oxygen atoms in total. The molecule has 0 unspecified atom stereocenters. The molecule has 0 saturated heterocycles. The molecule has 0 bridgehead atoms. The van der Waals surface area contributed by atoms with Crippen LogP contribution in [0.3, 0.4) is 0 Å². The standard InChI is InChI=1S/C23H25N3O4/c1-28-19-7-9-20(10-8-19)30-16-22(27)24-13-21-23-18(11-12-29-21)15-26(25-23)14-17-5-3-2-4-6-17/h2-10,15,21H,11-14,16H2,1H3,(H,24,27)/t21-/m1/s1. The maximum absolute atomic E-state index is 12.2. The summed E-state index contributed by atoms with van der Waals surface area (Å²) in [5, 5.41) is 7.59. The Hall–Kier alpha value is -3.32. The van der Waals surface area contributed by atoms with Gasteiger partial charge in [0, 0.05) is 12.7 Å². The summed E-state index contributed by atoms with van der Waals surface area (Å²) >= 11 is 0. The Balaban J connectivity index is 1.30. The zero-order chi connectivity index (χ0) is 20.8. The van der Waals surface area contributed by atoms with Gasteiger partial charge < -0.3 is 19.5 Å². The number of carbonyl (C=O) groups excluding carboxylic acids is 1. The Labute approximate surface area is 175 Å². The highest BCUT2D eigenvalue weighted by Gasteiger charge is 2.25. The minimum atomic E-state index is -0.254. The SMILES string of the molecule is COc1ccc(OCC(=O)NC[C@H]2OCCc3cn(Cc4ccccc4)nc32)cc1. The third kappa shape index (κ3) is 4.99. The zero-order valence-electron chi connectivity index (χ0n) is 16.9. The maximum Gasteiger partial charge on any atom is 0.258 e. The van der Waals surface area contributed by atoms with E-state index in [2.05, 4.69) is 23.6 Å². The molecule has 0 saturated carbocycles. The van der Waals surface area contributed by atoms with Crippen molar-refractivity contribution in [2.75, 3.05) is 26.9 Å². The van der Waals surface area contributed by atoms with Gasteiger partial charge in [0.2, 0.25) is 0 Å². The molecule has 1 amide bonds. The van der Waals surface area contributed by atoms with Gasteiger partial charge in [0.1, 0.15) is 17.6 Å². The van der Waals surface area contributed by atoms with Crippen LogP contribution in [0.25, 0.3) is 0 Å². The average molecular weight is 407 g/mol. The summed E-state index contributed by atoms with van der Waals surface area (Å²) in [6, 6.07) is 17.3. The fourth-order valence-electron chi connectivity index (χ4n) is 3.42. The summed E-state index contributed by atoms with van der Waals surface area (Å²) in [6.45, 7) is 1.63. The van der Waals surface area contributed by atoms with Crippen molar-refractivity contribution in [2.24, 2.45) is 0 Å². The van der Waals surface area contributed by atoms with Gasteiger partial charge in [-0.15, -0.1) is 0 Å². The van der Waals surface area contributed by atoms with Gasteiger partial charge in [0.25, 0.3) is 5.91 Å². The molecule has 0 aliphatic carbocycles. The number of nitrogens with zero attached hydrogens (tertiary/aromatic N) is 2. The summed E-state index contributed by atoms with van der Waals surface area (Å²) in [5.41, 5.74) is 3.26. The number of methoxy groups -OCH3 is 1. The van der Waals surface area contributed by atoms with Gasteiger partial charge in [-0.1, -0.05) is 30.3 Å². The van der Waals surface area contributed by atoms with E-state index in [1.54, 1.807) is 31.4 Å². The highest BCUT2D eigenvalue weighted by Crippen LogP contribution is 2.25. The fraction of sp³-hybridized carbons (Fsp3) is 0.304. The first-order chi connectivity index (χ1) is 14.7. The maximum atomic E-state index is 12.2. The van der Waals surface area contributed by atoms with Crippen molar-refractivity contribution in [1.82, 2.24) is 15.1 Å². The second-order valence-electron chi connectivity index (χ2n) is 7.10. The molecule has 4 rings (SSSR count). The molecule has 3 aromatic rings. The van der Waals surface area contributed by atoms with Gasteiger partial charge in [-0.25, -0.2) is 0 Å². The van der Waals surface area contributed by atoms with Crippen LogP contribution in [0.2, 0.25) is 0 Å². The van der Waals surface area contributed by atoms with Crippen LogP contribution in [0, 0.1) is 0 Å². The van der Waals surface area contributed by atoms with Crippen LogP contribution in [-0.4, -0.2) is 42.6 Å². The lowest BCUT2D eigenvalue weighted by Gasteiger charge is -2.22. The first-order valence-electron chi connectivity index (χ1n) is 9.96. The van der Waals surface area contributed by atoms with Crippen molar-refractivity contribution < 1.29 is 19.0 Å². The highest BCUT2D eigenvalue weighted by molar-refractivity contribution is 5.77. The van der Waals surface area contributed by atoms with E-state index in [-0.39, 0.29) is 18.6 Å². The molecule has 7 heteroatoms. The summed E-state index contributed by atoms with van der Waals surface area (Å²) < 4.78 is 18.4. The third-order valence-corrected chi connectivity index (χ3v) is 4.97.